The number of nitrogens with one attached hydrogen (secondary N) is 3. The Labute approximate surface area is 190 Å². The third-order valence-electron chi connectivity index (χ3n) is 4.49. The third kappa shape index (κ3) is 5.73. The minimum atomic E-state index is -0.683. The average Bonchev–Trinajstić information content (AvgIpc) is 2.76. The molecular weight excluding hydrogens is 435 g/mol. The number of ether oxygens (including phenoxy) is 1. The van der Waals surface area contributed by atoms with E-state index in [2.05, 4.69) is 20.9 Å². The first kappa shape index (κ1) is 23.0. The van der Waals surface area contributed by atoms with Crippen LogP contribution in [0.25, 0.3) is 0 Å². The molecule has 0 spiro atoms. The number of nitrogens with zero attached hydrogens (tertiary/aromatic N) is 1. The summed E-state index contributed by atoms with van der Waals surface area (Å²) in [5.74, 6) is -0.349. The molecule has 1 heterocycles. The van der Waals surface area contributed by atoms with E-state index in [-0.39, 0.29) is 29.0 Å². The fraction of sp³-hybridized carbons (Fsp3) is 0.174. The van der Waals surface area contributed by atoms with Gasteiger partial charge in [0, 0.05) is 36.1 Å². The van der Waals surface area contributed by atoms with Crippen LogP contribution >= 0.6 is 11.6 Å². The first-order chi connectivity index (χ1) is 15.3. The smallest absolute Gasteiger partial charge is 0.323 e. The standard InChI is InChI=1S/C23H22ClFN4O3/c1-13(2)17-10-14(4-6-18(17)24)28-23(31)29-20-7-5-15(11-19(20)25)32-16-8-9-27-21(12-16)22(30)26-3/h4-13H,1-3H3,(H,26,30)(H2,28,29,31). The summed E-state index contributed by atoms with van der Waals surface area (Å²) in [4.78, 5) is 27.9. The summed E-state index contributed by atoms with van der Waals surface area (Å²) in [5, 5.41) is 8.21. The van der Waals surface area contributed by atoms with E-state index >= 15 is 0 Å². The van der Waals surface area contributed by atoms with Crippen molar-refractivity contribution < 1.29 is 18.7 Å². The van der Waals surface area contributed by atoms with Gasteiger partial charge in [0.2, 0.25) is 0 Å². The molecule has 166 valence electrons. The summed E-state index contributed by atoms with van der Waals surface area (Å²) in [6, 6.07) is 11.5. The van der Waals surface area contributed by atoms with Crippen LogP contribution in [0.2, 0.25) is 5.02 Å². The number of hydrogen-bond acceptors (Lipinski definition) is 4. The molecule has 3 amide bonds. The van der Waals surface area contributed by atoms with Crippen LogP contribution in [-0.4, -0.2) is 24.0 Å². The lowest BCUT2D eigenvalue weighted by atomic mass is 10.0. The molecule has 0 saturated carbocycles. The molecule has 0 atom stereocenters. The van der Waals surface area contributed by atoms with Gasteiger partial charge < -0.3 is 20.7 Å². The van der Waals surface area contributed by atoms with Crippen molar-refractivity contribution in [1.29, 1.82) is 0 Å². The van der Waals surface area contributed by atoms with Gasteiger partial charge in [0.1, 0.15) is 23.0 Å². The van der Waals surface area contributed by atoms with E-state index in [9.17, 15) is 14.0 Å². The van der Waals surface area contributed by atoms with Crippen LogP contribution in [0.15, 0.2) is 54.7 Å². The van der Waals surface area contributed by atoms with Crippen molar-refractivity contribution in [2.45, 2.75) is 19.8 Å². The Kier molecular flexibility index (Phi) is 7.27. The molecular formula is C23H22ClFN4O3. The van der Waals surface area contributed by atoms with Crippen molar-refractivity contribution in [3.8, 4) is 11.5 Å². The lowest BCUT2D eigenvalue weighted by Crippen LogP contribution is -2.20. The zero-order valence-corrected chi connectivity index (χ0v) is 18.5. The number of pyridine rings is 1. The SMILES string of the molecule is CNC(=O)c1cc(Oc2ccc(NC(=O)Nc3ccc(Cl)c(C(C)C)c3)c(F)c2)ccn1. The monoisotopic (exact) mass is 456 g/mol. The Morgan fingerprint density at radius 2 is 1.78 bits per heavy atom. The Balaban J connectivity index is 1.67. The molecule has 32 heavy (non-hydrogen) atoms. The molecule has 9 heteroatoms. The van der Waals surface area contributed by atoms with Crippen LogP contribution in [0.4, 0.5) is 20.6 Å². The van der Waals surface area contributed by atoms with Crippen molar-refractivity contribution in [2.24, 2.45) is 0 Å². The van der Waals surface area contributed by atoms with Crippen LogP contribution in [0.1, 0.15) is 35.8 Å². The van der Waals surface area contributed by atoms with Gasteiger partial charge in [0.05, 0.1) is 5.69 Å². The second kappa shape index (κ2) is 10.1. The molecule has 0 radical (unpaired) electrons. The summed E-state index contributed by atoms with van der Waals surface area (Å²) < 4.78 is 20.1. The maximum atomic E-state index is 14.5. The largest absolute Gasteiger partial charge is 0.457 e. The van der Waals surface area contributed by atoms with Gasteiger partial charge in [0.15, 0.2) is 0 Å². The molecule has 0 aliphatic heterocycles. The molecule has 3 rings (SSSR count). The second-order valence-electron chi connectivity index (χ2n) is 7.17. The molecule has 7 nitrogen and oxygen atoms in total. The summed E-state index contributed by atoms with van der Waals surface area (Å²) in [6.45, 7) is 3.99. The molecule has 0 saturated heterocycles. The van der Waals surface area contributed by atoms with E-state index in [0.29, 0.717) is 16.5 Å². The third-order valence-corrected chi connectivity index (χ3v) is 4.84. The summed E-state index contributed by atoms with van der Waals surface area (Å²) >= 11 is 6.17. The highest BCUT2D eigenvalue weighted by atomic mass is 35.5. The van der Waals surface area contributed by atoms with Gasteiger partial charge in [-0.15, -0.1) is 0 Å². The quantitative estimate of drug-likeness (QED) is 0.437. The lowest BCUT2D eigenvalue weighted by molar-refractivity contribution is 0.0958. The number of halogens is 2. The van der Waals surface area contributed by atoms with E-state index in [1.54, 1.807) is 24.3 Å². The molecule has 3 N–H and O–H groups in total. The van der Waals surface area contributed by atoms with Crippen molar-refractivity contribution in [3.63, 3.8) is 0 Å². The molecule has 0 aliphatic rings. The number of anilines is 2. The zero-order valence-electron chi connectivity index (χ0n) is 17.7. The second-order valence-corrected chi connectivity index (χ2v) is 7.58. The fourth-order valence-electron chi connectivity index (χ4n) is 2.87. The van der Waals surface area contributed by atoms with E-state index < -0.39 is 11.8 Å². The molecule has 0 aliphatic carbocycles. The number of rotatable bonds is 6. The number of carbonyl (C=O) groups excluding carboxylic acids is 2. The van der Waals surface area contributed by atoms with Crippen LogP contribution in [-0.2, 0) is 0 Å². The normalized spacial score (nSPS) is 10.6. The van der Waals surface area contributed by atoms with Gasteiger partial charge in [-0.25, -0.2) is 9.18 Å². The Hall–Kier alpha value is -3.65. The number of hydrogen-bond donors (Lipinski definition) is 3. The minimum Gasteiger partial charge on any atom is -0.457 e. The van der Waals surface area contributed by atoms with Crippen LogP contribution in [0, 0.1) is 5.82 Å². The van der Waals surface area contributed by atoms with E-state index in [4.69, 9.17) is 16.3 Å². The Morgan fingerprint density at radius 1 is 1.03 bits per heavy atom. The topological polar surface area (TPSA) is 92.4 Å². The predicted molar refractivity (Wildman–Crippen MR) is 122 cm³/mol. The highest BCUT2D eigenvalue weighted by Crippen LogP contribution is 2.28. The molecule has 1 aromatic heterocycles. The molecule has 0 fully saturated rings. The van der Waals surface area contributed by atoms with Gasteiger partial charge in [-0.3, -0.25) is 9.78 Å². The fourth-order valence-corrected chi connectivity index (χ4v) is 3.21. The van der Waals surface area contributed by atoms with Gasteiger partial charge >= 0.3 is 6.03 Å². The summed E-state index contributed by atoms with van der Waals surface area (Å²) in [7, 11) is 1.49. The average molecular weight is 457 g/mol. The predicted octanol–water partition coefficient (Wildman–Crippen LogP) is 5.79. The highest BCUT2D eigenvalue weighted by Gasteiger charge is 2.12. The summed E-state index contributed by atoms with van der Waals surface area (Å²) in [6.07, 6.45) is 1.41. The van der Waals surface area contributed by atoms with Gasteiger partial charge in [-0.1, -0.05) is 25.4 Å². The Bertz CT molecular complexity index is 1150. The number of urea groups is 1. The van der Waals surface area contributed by atoms with Crippen molar-refractivity contribution in [3.05, 3.63) is 76.8 Å². The van der Waals surface area contributed by atoms with Crippen LogP contribution in [0.3, 0.4) is 0 Å². The maximum absolute atomic E-state index is 14.5. The van der Waals surface area contributed by atoms with E-state index in [0.717, 1.165) is 11.6 Å². The number of carbonyl (C=O) groups is 2. The number of benzene rings is 2. The van der Waals surface area contributed by atoms with Gasteiger partial charge in [-0.2, -0.15) is 0 Å². The van der Waals surface area contributed by atoms with Crippen molar-refractivity contribution >= 4 is 34.9 Å². The van der Waals surface area contributed by atoms with E-state index in [1.165, 1.54) is 31.4 Å². The molecule has 0 unspecified atom stereocenters. The van der Waals surface area contributed by atoms with Crippen LogP contribution in [0.5, 0.6) is 11.5 Å². The first-order valence-corrected chi connectivity index (χ1v) is 10.2. The Morgan fingerprint density at radius 3 is 2.47 bits per heavy atom. The molecule has 3 aromatic rings. The van der Waals surface area contributed by atoms with E-state index in [1.807, 2.05) is 13.8 Å². The minimum absolute atomic E-state index is 0.0197. The van der Waals surface area contributed by atoms with Crippen molar-refractivity contribution in [2.75, 3.05) is 17.7 Å². The van der Waals surface area contributed by atoms with Crippen molar-refractivity contribution in [1.82, 2.24) is 10.3 Å². The highest BCUT2D eigenvalue weighted by molar-refractivity contribution is 6.31. The number of aromatic nitrogens is 1. The van der Waals surface area contributed by atoms with Crippen LogP contribution < -0.4 is 20.7 Å². The zero-order chi connectivity index (χ0) is 23.3. The summed E-state index contributed by atoms with van der Waals surface area (Å²) in [5.41, 5.74) is 1.59. The molecule has 2 aromatic carbocycles. The first-order valence-electron chi connectivity index (χ1n) is 9.80. The molecule has 0 bridgehead atoms. The van der Waals surface area contributed by atoms with Gasteiger partial charge in [0.25, 0.3) is 5.91 Å². The lowest BCUT2D eigenvalue weighted by Gasteiger charge is -2.13. The maximum Gasteiger partial charge on any atom is 0.323 e. The van der Waals surface area contributed by atoms with Gasteiger partial charge in [-0.05, 0) is 47.9 Å². The number of amides is 3.